The monoisotopic (exact) mass is 420 g/mol. The second-order valence-electron chi connectivity index (χ2n) is 7.91. The first-order valence-corrected chi connectivity index (χ1v) is 12.1. The third-order valence-corrected chi connectivity index (χ3v) is 6.68. The van der Waals surface area contributed by atoms with Crippen molar-refractivity contribution in [2.45, 2.75) is 24.2 Å². The number of rotatable bonds is 7. The van der Waals surface area contributed by atoms with Crippen LogP contribution in [0.2, 0.25) is 0 Å². The van der Waals surface area contributed by atoms with E-state index in [0.717, 1.165) is 52.4 Å². The predicted octanol–water partition coefficient (Wildman–Crippen LogP) is 3.96. The van der Waals surface area contributed by atoms with Crippen LogP contribution in [0.15, 0.2) is 59.5 Å². The van der Waals surface area contributed by atoms with Crippen molar-refractivity contribution < 1.29 is 9.00 Å². The lowest BCUT2D eigenvalue weighted by Gasteiger charge is -2.14. The first kappa shape index (κ1) is 20.8. The highest BCUT2D eigenvalue weighted by Gasteiger charge is 2.20. The molecule has 0 spiro atoms. The molecule has 1 heterocycles. The quantitative estimate of drug-likeness (QED) is 0.738. The van der Waals surface area contributed by atoms with E-state index in [1.54, 1.807) is 6.26 Å². The van der Waals surface area contributed by atoms with Crippen LogP contribution in [-0.4, -0.2) is 47.5 Å². The van der Waals surface area contributed by atoms with Crippen molar-refractivity contribution in [3.8, 4) is 0 Å². The molecule has 2 aromatic rings. The first-order chi connectivity index (χ1) is 14.6. The molecule has 1 unspecified atom stereocenters. The van der Waals surface area contributed by atoms with Crippen LogP contribution < -0.4 is 5.32 Å². The van der Waals surface area contributed by atoms with Gasteiger partial charge < -0.3 is 10.2 Å². The van der Waals surface area contributed by atoms with Crippen LogP contribution in [-0.2, 0) is 15.6 Å². The SMILES string of the molecule is CS(=O)c1ccc(C=C2C=C(CC(=O)NCCN3CCCC3)c3ccccc32)cc1. The average molecular weight is 421 g/mol. The van der Waals surface area contributed by atoms with Gasteiger partial charge in [0.1, 0.15) is 0 Å². The fourth-order valence-electron chi connectivity index (χ4n) is 4.15. The van der Waals surface area contributed by atoms with E-state index in [1.807, 2.05) is 36.4 Å². The van der Waals surface area contributed by atoms with Gasteiger partial charge in [0.05, 0.1) is 6.42 Å². The highest BCUT2D eigenvalue weighted by Crippen LogP contribution is 2.37. The molecule has 1 aliphatic heterocycles. The fraction of sp³-hybridized carbons (Fsp3) is 0.320. The molecule has 1 aliphatic carbocycles. The molecule has 0 bridgehead atoms. The molecule has 2 aliphatic rings. The number of carbonyl (C=O) groups is 1. The summed E-state index contributed by atoms with van der Waals surface area (Å²) in [6.07, 6.45) is 8.86. The Morgan fingerprint density at radius 1 is 1.07 bits per heavy atom. The molecule has 0 radical (unpaired) electrons. The number of benzene rings is 2. The maximum absolute atomic E-state index is 12.5. The minimum absolute atomic E-state index is 0.0753. The Labute approximate surface area is 181 Å². The molecular formula is C25H28N2O2S. The van der Waals surface area contributed by atoms with Gasteiger partial charge in [-0.1, -0.05) is 36.4 Å². The van der Waals surface area contributed by atoms with Crippen LogP contribution in [0.4, 0.5) is 0 Å². The Hall–Kier alpha value is -2.50. The second kappa shape index (κ2) is 9.54. The van der Waals surface area contributed by atoms with E-state index in [1.165, 1.54) is 12.8 Å². The Morgan fingerprint density at radius 3 is 2.47 bits per heavy atom. The normalized spacial score (nSPS) is 18.3. The summed E-state index contributed by atoms with van der Waals surface area (Å²) in [5.74, 6) is 0.0753. The predicted molar refractivity (Wildman–Crippen MR) is 124 cm³/mol. The summed E-state index contributed by atoms with van der Waals surface area (Å²) in [5, 5.41) is 3.08. The summed E-state index contributed by atoms with van der Waals surface area (Å²) < 4.78 is 11.6. The van der Waals surface area contributed by atoms with Crippen LogP contribution in [0.3, 0.4) is 0 Å². The molecule has 0 saturated carbocycles. The van der Waals surface area contributed by atoms with E-state index < -0.39 is 10.8 Å². The maximum atomic E-state index is 12.5. The van der Waals surface area contributed by atoms with Crippen LogP contribution in [0.1, 0.15) is 36.0 Å². The van der Waals surface area contributed by atoms with Crippen molar-refractivity contribution in [2.24, 2.45) is 0 Å². The van der Waals surface area contributed by atoms with Gasteiger partial charge in [0.2, 0.25) is 5.91 Å². The fourth-order valence-corrected chi connectivity index (χ4v) is 4.67. The van der Waals surface area contributed by atoms with Gasteiger partial charge in [0, 0.05) is 35.0 Å². The Bertz CT molecular complexity index is 1000. The topological polar surface area (TPSA) is 49.4 Å². The van der Waals surface area contributed by atoms with Crippen molar-refractivity contribution in [1.82, 2.24) is 10.2 Å². The molecule has 156 valence electrons. The highest BCUT2D eigenvalue weighted by molar-refractivity contribution is 7.84. The molecule has 4 rings (SSSR count). The van der Waals surface area contributed by atoms with Gasteiger partial charge in [-0.15, -0.1) is 0 Å². The molecule has 1 amide bonds. The van der Waals surface area contributed by atoms with E-state index in [4.69, 9.17) is 0 Å². The molecule has 5 heteroatoms. The zero-order chi connectivity index (χ0) is 20.9. The number of nitrogens with one attached hydrogen (secondary N) is 1. The molecule has 1 N–H and O–H groups in total. The number of hydrogen-bond donors (Lipinski definition) is 1. The number of hydrogen-bond acceptors (Lipinski definition) is 3. The van der Waals surface area contributed by atoms with Gasteiger partial charge in [-0.05, 0) is 78.1 Å². The standard InChI is InChI=1S/C25H28N2O2S/c1-30(29)22-10-8-19(9-11-22)16-20-17-21(24-7-3-2-6-23(20)24)18-25(28)26-12-15-27-13-4-5-14-27/h2-3,6-11,16-17H,4-5,12-15,18H2,1H3,(H,26,28). The van der Waals surface area contributed by atoms with Crippen LogP contribution in [0.25, 0.3) is 17.2 Å². The average Bonchev–Trinajstić information content (AvgIpc) is 3.37. The number of nitrogens with zero attached hydrogens (tertiary/aromatic N) is 1. The van der Waals surface area contributed by atoms with E-state index in [2.05, 4.69) is 34.5 Å². The zero-order valence-electron chi connectivity index (χ0n) is 17.4. The smallest absolute Gasteiger partial charge is 0.224 e. The third kappa shape index (κ3) is 4.97. The van der Waals surface area contributed by atoms with Crippen molar-refractivity contribution in [2.75, 3.05) is 32.4 Å². The Balaban J connectivity index is 1.46. The lowest BCUT2D eigenvalue weighted by molar-refractivity contribution is -0.120. The van der Waals surface area contributed by atoms with Gasteiger partial charge in [-0.25, -0.2) is 0 Å². The van der Waals surface area contributed by atoms with Gasteiger partial charge in [0.25, 0.3) is 0 Å². The van der Waals surface area contributed by atoms with Gasteiger partial charge in [-0.3, -0.25) is 9.00 Å². The number of allylic oxidation sites excluding steroid dienone is 2. The number of fused-ring (bicyclic) bond motifs is 1. The summed E-state index contributed by atoms with van der Waals surface area (Å²) in [4.78, 5) is 15.8. The van der Waals surface area contributed by atoms with Gasteiger partial charge >= 0.3 is 0 Å². The zero-order valence-corrected chi connectivity index (χ0v) is 18.2. The Kier molecular flexibility index (Phi) is 6.60. The minimum Gasteiger partial charge on any atom is -0.355 e. The number of carbonyl (C=O) groups excluding carboxylic acids is 1. The van der Waals surface area contributed by atoms with Crippen LogP contribution >= 0.6 is 0 Å². The molecule has 30 heavy (non-hydrogen) atoms. The van der Waals surface area contributed by atoms with Crippen molar-refractivity contribution >= 4 is 33.9 Å². The highest BCUT2D eigenvalue weighted by atomic mass is 32.2. The molecule has 1 fully saturated rings. The largest absolute Gasteiger partial charge is 0.355 e. The summed E-state index contributed by atoms with van der Waals surface area (Å²) in [6, 6.07) is 16.0. The molecular weight excluding hydrogens is 392 g/mol. The van der Waals surface area contributed by atoms with Crippen molar-refractivity contribution in [3.05, 3.63) is 71.3 Å². The van der Waals surface area contributed by atoms with Crippen LogP contribution in [0.5, 0.6) is 0 Å². The summed E-state index contributed by atoms with van der Waals surface area (Å²) >= 11 is 0. The Morgan fingerprint density at radius 2 is 1.77 bits per heavy atom. The molecule has 0 aromatic heterocycles. The van der Waals surface area contributed by atoms with Crippen LogP contribution in [0, 0.1) is 0 Å². The lowest BCUT2D eigenvalue weighted by Crippen LogP contribution is -2.33. The second-order valence-corrected chi connectivity index (χ2v) is 9.29. The number of amides is 1. The molecule has 4 nitrogen and oxygen atoms in total. The maximum Gasteiger partial charge on any atom is 0.224 e. The van der Waals surface area contributed by atoms with E-state index in [9.17, 15) is 9.00 Å². The molecule has 1 saturated heterocycles. The summed E-state index contributed by atoms with van der Waals surface area (Å²) in [6.45, 7) is 3.95. The molecule has 2 aromatic carbocycles. The lowest BCUT2D eigenvalue weighted by atomic mass is 10.0. The molecule has 1 atom stereocenters. The minimum atomic E-state index is -0.974. The summed E-state index contributed by atoms with van der Waals surface area (Å²) in [5.41, 5.74) is 5.50. The third-order valence-electron chi connectivity index (χ3n) is 5.75. The van der Waals surface area contributed by atoms with Crippen molar-refractivity contribution in [1.29, 1.82) is 0 Å². The first-order valence-electron chi connectivity index (χ1n) is 10.5. The summed E-state index contributed by atoms with van der Waals surface area (Å²) in [7, 11) is -0.974. The van der Waals surface area contributed by atoms with Crippen molar-refractivity contribution in [3.63, 3.8) is 0 Å². The number of likely N-dealkylation sites (tertiary alicyclic amines) is 1. The van der Waals surface area contributed by atoms with E-state index in [-0.39, 0.29) is 5.91 Å². The van der Waals surface area contributed by atoms with Gasteiger partial charge in [-0.2, -0.15) is 0 Å². The van der Waals surface area contributed by atoms with Gasteiger partial charge in [0.15, 0.2) is 0 Å². The van der Waals surface area contributed by atoms with E-state index >= 15 is 0 Å². The van der Waals surface area contributed by atoms with E-state index in [0.29, 0.717) is 13.0 Å².